The summed E-state index contributed by atoms with van der Waals surface area (Å²) in [6.45, 7) is 0. The van der Waals surface area contributed by atoms with Crippen LogP contribution in [0.5, 0.6) is 0 Å². The van der Waals surface area contributed by atoms with Gasteiger partial charge in [-0.3, -0.25) is 0 Å². The van der Waals surface area contributed by atoms with E-state index in [4.69, 9.17) is 5.11 Å². The molecule has 0 aliphatic heterocycles. The van der Waals surface area contributed by atoms with Crippen molar-refractivity contribution in [1.82, 2.24) is 0 Å². The second kappa shape index (κ2) is 4.20. The molecule has 0 aromatic rings. The molecule has 118 valence electrons. The second-order valence-corrected chi connectivity index (χ2v) is 5.61. The number of aliphatic hydroxyl groups is 1. The lowest BCUT2D eigenvalue weighted by Gasteiger charge is -2.39. The molecule has 2 fully saturated rings. The first-order valence-corrected chi connectivity index (χ1v) is 6.04. The highest BCUT2D eigenvalue weighted by Crippen LogP contribution is 2.61. The molecule has 2 bridgehead atoms. The van der Waals surface area contributed by atoms with Crippen LogP contribution in [0, 0.1) is 17.8 Å². The molecule has 0 spiro atoms. The van der Waals surface area contributed by atoms with Gasteiger partial charge in [0.15, 0.2) is 0 Å². The topological polar surface area (TPSA) is 20.2 Å². The molecular weight excluding hydrogens is 300 g/mol. The quantitative estimate of drug-likeness (QED) is 0.767. The maximum Gasteiger partial charge on any atom is 0.426 e. The van der Waals surface area contributed by atoms with E-state index in [1.807, 2.05) is 0 Å². The summed E-state index contributed by atoms with van der Waals surface area (Å²) in [5.41, 5.74) is -5.08. The summed E-state index contributed by atoms with van der Waals surface area (Å²) < 4.78 is 103. The van der Waals surface area contributed by atoms with Crippen molar-refractivity contribution in [3.63, 3.8) is 0 Å². The number of hydrogen-bond acceptors (Lipinski definition) is 1. The largest absolute Gasteiger partial charge is 0.426 e. The van der Waals surface area contributed by atoms with Crippen molar-refractivity contribution in [2.45, 2.75) is 49.6 Å². The average molecular weight is 312 g/mol. The molecule has 2 aliphatic carbocycles. The molecule has 3 atom stereocenters. The van der Waals surface area contributed by atoms with Gasteiger partial charge in [-0.15, -0.1) is 0 Å². The Bertz CT molecular complexity index is 371. The summed E-state index contributed by atoms with van der Waals surface area (Å²) in [7, 11) is 0. The first-order valence-electron chi connectivity index (χ1n) is 6.04. The minimum absolute atomic E-state index is 0.0799. The van der Waals surface area contributed by atoms with E-state index in [-0.39, 0.29) is 19.3 Å². The molecule has 1 N–H and O–H groups in total. The highest BCUT2D eigenvalue weighted by atomic mass is 19.4. The van der Waals surface area contributed by atoms with Gasteiger partial charge in [0.2, 0.25) is 0 Å². The van der Waals surface area contributed by atoms with Gasteiger partial charge in [0.1, 0.15) is 0 Å². The van der Waals surface area contributed by atoms with Crippen LogP contribution in [0.15, 0.2) is 0 Å². The van der Waals surface area contributed by atoms with Crippen LogP contribution in [0.25, 0.3) is 0 Å². The van der Waals surface area contributed by atoms with Gasteiger partial charge in [0.05, 0.1) is 0 Å². The van der Waals surface area contributed by atoms with Crippen molar-refractivity contribution >= 4 is 0 Å². The summed E-state index contributed by atoms with van der Waals surface area (Å²) in [6.07, 6.45) is -13.9. The van der Waals surface area contributed by atoms with E-state index in [0.29, 0.717) is 0 Å². The van der Waals surface area contributed by atoms with E-state index >= 15 is 0 Å². The standard InChI is InChI=1S/C11H12F8O/c12-9(13)6-2-1-5(3-6)7(9)4-8(20,10(14,15)16)11(17,18)19/h5-7,20H,1-4H2. The lowest BCUT2D eigenvalue weighted by molar-refractivity contribution is -0.376. The number of rotatable bonds is 2. The number of halogens is 8. The molecule has 0 radical (unpaired) electrons. The highest BCUT2D eigenvalue weighted by molar-refractivity contribution is 5.07. The Labute approximate surface area is 108 Å². The molecule has 3 unspecified atom stereocenters. The summed E-state index contributed by atoms with van der Waals surface area (Å²) in [6, 6.07) is 0. The maximum absolute atomic E-state index is 13.8. The highest BCUT2D eigenvalue weighted by Gasteiger charge is 2.73. The SMILES string of the molecule is OC(CC1C2CCC(C2)C1(F)F)(C(F)(F)F)C(F)(F)F. The fourth-order valence-corrected chi connectivity index (χ4v) is 3.36. The van der Waals surface area contributed by atoms with Gasteiger partial charge in [-0.05, 0) is 25.2 Å². The van der Waals surface area contributed by atoms with Crippen molar-refractivity contribution < 1.29 is 40.2 Å². The van der Waals surface area contributed by atoms with E-state index in [2.05, 4.69) is 0 Å². The minimum Gasteiger partial charge on any atom is -0.374 e. The zero-order chi connectivity index (χ0) is 15.6. The Kier molecular flexibility index (Phi) is 3.32. The van der Waals surface area contributed by atoms with Gasteiger partial charge < -0.3 is 5.11 Å². The summed E-state index contributed by atoms with van der Waals surface area (Å²) >= 11 is 0. The Morgan fingerprint density at radius 1 is 0.950 bits per heavy atom. The summed E-state index contributed by atoms with van der Waals surface area (Å²) in [4.78, 5) is 0. The third-order valence-corrected chi connectivity index (χ3v) is 4.53. The Hall–Kier alpha value is -0.600. The third kappa shape index (κ3) is 2.08. The minimum atomic E-state index is -6.04. The molecule has 2 aliphatic rings. The van der Waals surface area contributed by atoms with Gasteiger partial charge in [0.25, 0.3) is 11.5 Å². The van der Waals surface area contributed by atoms with Crippen molar-refractivity contribution in [3.8, 4) is 0 Å². The zero-order valence-electron chi connectivity index (χ0n) is 10.0. The van der Waals surface area contributed by atoms with Crippen LogP contribution < -0.4 is 0 Å². The van der Waals surface area contributed by atoms with Crippen molar-refractivity contribution in [2.24, 2.45) is 17.8 Å². The normalized spacial score (nSPS) is 33.8. The summed E-state index contributed by atoms with van der Waals surface area (Å²) in [5, 5.41) is 9.02. The monoisotopic (exact) mass is 312 g/mol. The Morgan fingerprint density at radius 2 is 1.45 bits per heavy atom. The average Bonchev–Trinajstić information content (AvgIpc) is 2.77. The van der Waals surface area contributed by atoms with Gasteiger partial charge in [-0.2, -0.15) is 26.3 Å². The van der Waals surface area contributed by atoms with Crippen LogP contribution >= 0.6 is 0 Å². The second-order valence-electron chi connectivity index (χ2n) is 5.61. The summed E-state index contributed by atoms with van der Waals surface area (Å²) in [5.74, 6) is -7.75. The van der Waals surface area contributed by atoms with E-state index < -0.39 is 48.1 Å². The lowest BCUT2D eigenvalue weighted by Crippen LogP contribution is -2.59. The first kappa shape index (κ1) is 15.8. The van der Waals surface area contributed by atoms with Gasteiger partial charge in [0, 0.05) is 18.3 Å². The molecule has 0 aromatic heterocycles. The first-order chi connectivity index (χ1) is 8.81. The van der Waals surface area contributed by atoms with Gasteiger partial charge in [-0.25, -0.2) is 8.78 Å². The van der Waals surface area contributed by atoms with Crippen LogP contribution in [0.2, 0.25) is 0 Å². The van der Waals surface area contributed by atoms with E-state index in [1.165, 1.54) is 0 Å². The van der Waals surface area contributed by atoms with Crippen molar-refractivity contribution in [1.29, 1.82) is 0 Å². The van der Waals surface area contributed by atoms with Gasteiger partial charge >= 0.3 is 12.4 Å². The number of fused-ring (bicyclic) bond motifs is 2. The van der Waals surface area contributed by atoms with E-state index in [0.717, 1.165) is 0 Å². The molecule has 0 heterocycles. The maximum atomic E-state index is 13.8. The fourth-order valence-electron chi connectivity index (χ4n) is 3.36. The van der Waals surface area contributed by atoms with E-state index in [1.54, 1.807) is 0 Å². The zero-order valence-corrected chi connectivity index (χ0v) is 10.0. The van der Waals surface area contributed by atoms with Crippen LogP contribution in [-0.4, -0.2) is 29.0 Å². The molecule has 0 aromatic carbocycles. The molecular formula is C11H12F8O. The fraction of sp³-hybridized carbons (Fsp3) is 1.00. The molecule has 0 saturated heterocycles. The van der Waals surface area contributed by atoms with Crippen molar-refractivity contribution in [2.75, 3.05) is 0 Å². The molecule has 2 saturated carbocycles. The smallest absolute Gasteiger partial charge is 0.374 e. The van der Waals surface area contributed by atoms with E-state index in [9.17, 15) is 35.1 Å². The molecule has 0 amide bonds. The predicted octanol–water partition coefficient (Wildman–Crippen LogP) is 3.91. The van der Waals surface area contributed by atoms with Crippen LogP contribution in [0.1, 0.15) is 25.7 Å². The third-order valence-electron chi connectivity index (χ3n) is 4.53. The molecule has 2 rings (SSSR count). The molecule has 1 nitrogen and oxygen atoms in total. The van der Waals surface area contributed by atoms with Crippen molar-refractivity contribution in [3.05, 3.63) is 0 Å². The van der Waals surface area contributed by atoms with Gasteiger partial charge in [-0.1, -0.05) is 0 Å². The van der Waals surface area contributed by atoms with Crippen LogP contribution in [0.3, 0.4) is 0 Å². The molecule has 9 heteroatoms. The lowest BCUT2D eigenvalue weighted by atomic mass is 9.77. The number of alkyl halides is 8. The Morgan fingerprint density at radius 3 is 1.80 bits per heavy atom. The molecule has 20 heavy (non-hydrogen) atoms. The van der Waals surface area contributed by atoms with Crippen LogP contribution in [-0.2, 0) is 0 Å². The predicted molar refractivity (Wildman–Crippen MR) is 50.9 cm³/mol. The number of hydrogen-bond donors (Lipinski definition) is 1. The Balaban J connectivity index is 2.31. The van der Waals surface area contributed by atoms with Crippen LogP contribution in [0.4, 0.5) is 35.1 Å².